The van der Waals surface area contributed by atoms with Gasteiger partial charge in [0, 0.05) is 24.0 Å². The summed E-state index contributed by atoms with van der Waals surface area (Å²) in [5.74, 6) is 0.840. The Bertz CT molecular complexity index is 776. The van der Waals surface area contributed by atoms with E-state index in [2.05, 4.69) is 26.1 Å². The number of anilines is 2. The number of hydrogen-bond donors (Lipinski definition) is 1. The zero-order valence-electron chi connectivity index (χ0n) is 15.5. The average molecular weight is 433 g/mol. The van der Waals surface area contributed by atoms with E-state index in [-0.39, 0.29) is 5.91 Å². The van der Waals surface area contributed by atoms with Gasteiger partial charge in [0.2, 0.25) is 5.91 Å². The zero-order valence-corrected chi connectivity index (χ0v) is 17.1. The molecule has 1 aliphatic heterocycles. The molecular formula is C21H25BrN2O3. The Labute approximate surface area is 168 Å². The molecular weight excluding hydrogens is 408 g/mol. The largest absolute Gasteiger partial charge is 0.494 e. The SMILES string of the molecule is Cc1cccc(OCCCC(=O)Nc2cc(Br)ccc2N2CCOCC2)c1. The Kier molecular flexibility index (Phi) is 7.12. The molecule has 0 radical (unpaired) electrons. The molecule has 3 rings (SSSR count). The minimum atomic E-state index is -0.00421. The molecule has 1 heterocycles. The first kappa shape index (κ1) is 19.7. The van der Waals surface area contributed by atoms with E-state index in [1.807, 2.05) is 49.4 Å². The third-order valence-electron chi connectivity index (χ3n) is 4.39. The van der Waals surface area contributed by atoms with E-state index in [0.717, 1.165) is 40.2 Å². The monoisotopic (exact) mass is 432 g/mol. The lowest BCUT2D eigenvalue weighted by molar-refractivity contribution is -0.116. The second kappa shape index (κ2) is 9.76. The van der Waals surface area contributed by atoms with Crippen molar-refractivity contribution in [2.75, 3.05) is 43.1 Å². The van der Waals surface area contributed by atoms with Gasteiger partial charge in [-0.25, -0.2) is 0 Å². The Balaban J connectivity index is 1.52. The summed E-state index contributed by atoms with van der Waals surface area (Å²) in [7, 11) is 0. The molecule has 2 aromatic carbocycles. The van der Waals surface area contributed by atoms with Gasteiger partial charge < -0.3 is 19.7 Å². The van der Waals surface area contributed by atoms with Gasteiger partial charge in [0.25, 0.3) is 0 Å². The number of halogens is 1. The molecule has 6 heteroatoms. The average Bonchev–Trinajstić information content (AvgIpc) is 2.66. The van der Waals surface area contributed by atoms with Crippen molar-refractivity contribution in [3.63, 3.8) is 0 Å². The van der Waals surface area contributed by atoms with Crippen molar-refractivity contribution in [2.45, 2.75) is 19.8 Å². The van der Waals surface area contributed by atoms with Crippen LogP contribution in [-0.4, -0.2) is 38.8 Å². The number of carbonyl (C=O) groups excluding carboxylic acids is 1. The van der Waals surface area contributed by atoms with Gasteiger partial charge in [-0.15, -0.1) is 0 Å². The fraction of sp³-hybridized carbons (Fsp3) is 0.381. The van der Waals surface area contributed by atoms with E-state index in [1.54, 1.807) is 0 Å². The molecule has 0 atom stereocenters. The van der Waals surface area contributed by atoms with Crippen LogP contribution >= 0.6 is 15.9 Å². The summed E-state index contributed by atoms with van der Waals surface area (Å²) >= 11 is 3.49. The van der Waals surface area contributed by atoms with Crippen LogP contribution in [0.15, 0.2) is 46.9 Å². The van der Waals surface area contributed by atoms with Gasteiger partial charge >= 0.3 is 0 Å². The van der Waals surface area contributed by atoms with Crippen LogP contribution in [0.5, 0.6) is 5.75 Å². The van der Waals surface area contributed by atoms with Crippen molar-refractivity contribution >= 4 is 33.2 Å². The molecule has 0 spiro atoms. The van der Waals surface area contributed by atoms with Gasteiger partial charge in [-0.3, -0.25) is 4.79 Å². The van der Waals surface area contributed by atoms with Crippen LogP contribution in [0.1, 0.15) is 18.4 Å². The van der Waals surface area contributed by atoms with E-state index in [4.69, 9.17) is 9.47 Å². The summed E-state index contributed by atoms with van der Waals surface area (Å²) in [6, 6.07) is 13.9. The normalized spacial score (nSPS) is 14.1. The van der Waals surface area contributed by atoms with E-state index >= 15 is 0 Å². The molecule has 0 unspecified atom stereocenters. The van der Waals surface area contributed by atoms with Gasteiger partial charge in [-0.2, -0.15) is 0 Å². The lowest BCUT2D eigenvalue weighted by atomic mass is 10.2. The maximum absolute atomic E-state index is 12.4. The second-order valence-corrected chi connectivity index (χ2v) is 7.49. The van der Waals surface area contributed by atoms with Crippen molar-refractivity contribution in [1.82, 2.24) is 0 Å². The number of aryl methyl sites for hydroxylation is 1. The number of rotatable bonds is 7. The van der Waals surface area contributed by atoms with E-state index in [9.17, 15) is 4.79 Å². The van der Waals surface area contributed by atoms with Gasteiger partial charge in [-0.1, -0.05) is 28.1 Å². The molecule has 1 aliphatic rings. The van der Waals surface area contributed by atoms with Crippen molar-refractivity contribution in [3.8, 4) is 5.75 Å². The molecule has 1 N–H and O–H groups in total. The third-order valence-corrected chi connectivity index (χ3v) is 4.88. The number of nitrogens with one attached hydrogen (secondary N) is 1. The highest BCUT2D eigenvalue weighted by Crippen LogP contribution is 2.30. The van der Waals surface area contributed by atoms with Crippen LogP contribution < -0.4 is 15.0 Å². The van der Waals surface area contributed by atoms with Gasteiger partial charge in [0.1, 0.15) is 5.75 Å². The molecule has 0 bridgehead atoms. The zero-order chi connectivity index (χ0) is 19.1. The highest BCUT2D eigenvalue weighted by atomic mass is 79.9. The van der Waals surface area contributed by atoms with Crippen LogP contribution in [0.3, 0.4) is 0 Å². The number of nitrogens with zero attached hydrogens (tertiary/aromatic N) is 1. The van der Waals surface area contributed by atoms with Crippen molar-refractivity contribution in [3.05, 3.63) is 52.5 Å². The summed E-state index contributed by atoms with van der Waals surface area (Å²) in [5, 5.41) is 3.05. The molecule has 0 aliphatic carbocycles. The summed E-state index contributed by atoms with van der Waals surface area (Å²) in [5.41, 5.74) is 3.03. The van der Waals surface area contributed by atoms with Gasteiger partial charge in [0.15, 0.2) is 0 Å². The lowest BCUT2D eigenvalue weighted by Crippen LogP contribution is -2.36. The minimum Gasteiger partial charge on any atom is -0.494 e. The lowest BCUT2D eigenvalue weighted by Gasteiger charge is -2.30. The van der Waals surface area contributed by atoms with Crippen molar-refractivity contribution in [2.24, 2.45) is 0 Å². The smallest absolute Gasteiger partial charge is 0.224 e. The van der Waals surface area contributed by atoms with Gasteiger partial charge in [0.05, 0.1) is 31.2 Å². The molecule has 0 aromatic heterocycles. The highest BCUT2D eigenvalue weighted by Gasteiger charge is 2.16. The number of morpholine rings is 1. The van der Waals surface area contributed by atoms with E-state index < -0.39 is 0 Å². The number of amides is 1. The number of ether oxygens (including phenoxy) is 2. The minimum absolute atomic E-state index is 0.00421. The molecule has 2 aromatic rings. The molecule has 144 valence electrons. The Morgan fingerprint density at radius 2 is 2.04 bits per heavy atom. The Morgan fingerprint density at radius 3 is 2.81 bits per heavy atom. The quantitative estimate of drug-likeness (QED) is 0.658. The van der Waals surface area contributed by atoms with Crippen LogP contribution in [0.2, 0.25) is 0 Å². The Morgan fingerprint density at radius 1 is 1.22 bits per heavy atom. The maximum Gasteiger partial charge on any atom is 0.224 e. The molecule has 27 heavy (non-hydrogen) atoms. The second-order valence-electron chi connectivity index (χ2n) is 6.58. The van der Waals surface area contributed by atoms with Crippen LogP contribution in [0, 0.1) is 6.92 Å². The van der Waals surface area contributed by atoms with E-state index in [1.165, 1.54) is 0 Å². The summed E-state index contributed by atoms with van der Waals surface area (Å²) in [6.07, 6.45) is 1.08. The predicted octanol–water partition coefficient (Wildman–Crippen LogP) is 4.39. The Hall–Kier alpha value is -2.05. The maximum atomic E-state index is 12.4. The number of carbonyl (C=O) groups is 1. The fourth-order valence-corrected chi connectivity index (χ4v) is 3.39. The molecule has 1 fully saturated rings. The summed E-state index contributed by atoms with van der Waals surface area (Å²) in [6.45, 7) is 5.62. The summed E-state index contributed by atoms with van der Waals surface area (Å²) in [4.78, 5) is 14.6. The van der Waals surface area contributed by atoms with E-state index in [0.29, 0.717) is 32.7 Å². The van der Waals surface area contributed by atoms with Crippen LogP contribution in [0.25, 0.3) is 0 Å². The molecule has 5 nitrogen and oxygen atoms in total. The van der Waals surface area contributed by atoms with Crippen LogP contribution in [-0.2, 0) is 9.53 Å². The first-order valence-electron chi connectivity index (χ1n) is 9.23. The van der Waals surface area contributed by atoms with Gasteiger partial charge in [-0.05, 0) is 49.2 Å². The topological polar surface area (TPSA) is 50.8 Å². The molecule has 0 saturated carbocycles. The first-order valence-corrected chi connectivity index (χ1v) is 10.0. The highest BCUT2D eigenvalue weighted by molar-refractivity contribution is 9.10. The van der Waals surface area contributed by atoms with Crippen LogP contribution in [0.4, 0.5) is 11.4 Å². The van der Waals surface area contributed by atoms with Crippen molar-refractivity contribution in [1.29, 1.82) is 0 Å². The summed E-state index contributed by atoms with van der Waals surface area (Å²) < 4.78 is 12.1. The molecule has 1 amide bonds. The predicted molar refractivity (Wildman–Crippen MR) is 112 cm³/mol. The standard InChI is InChI=1S/C21H25BrN2O3/c1-16-4-2-5-18(14-16)27-11-3-6-21(25)23-19-15-17(22)7-8-20(19)24-9-12-26-13-10-24/h2,4-5,7-8,14-15H,3,6,9-13H2,1H3,(H,23,25). The number of benzene rings is 2. The molecule has 1 saturated heterocycles. The first-order chi connectivity index (χ1) is 13.1. The number of hydrogen-bond acceptors (Lipinski definition) is 4. The third kappa shape index (κ3) is 5.97. The fourth-order valence-electron chi connectivity index (χ4n) is 3.03. The van der Waals surface area contributed by atoms with Crippen molar-refractivity contribution < 1.29 is 14.3 Å².